The number of carboxylic acid groups (broad SMARTS) is 1. The van der Waals surface area contributed by atoms with E-state index in [1.165, 1.54) is 0 Å². The lowest BCUT2D eigenvalue weighted by atomic mass is 9.93. The molecule has 0 fully saturated rings. The second-order valence-corrected chi connectivity index (χ2v) is 8.14. The first kappa shape index (κ1) is 29.4. The molecule has 12 nitrogen and oxygen atoms in total. The molecule has 0 aromatic heterocycles. The maximum atomic E-state index is 12.8. The van der Waals surface area contributed by atoms with Gasteiger partial charge in [-0.3, -0.25) is 24.0 Å². The monoisotopic (exact) mass is 526 g/mol. The zero-order valence-electron chi connectivity index (χ0n) is 20.2. The molecule has 0 spiro atoms. The summed E-state index contributed by atoms with van der Waals surface area (Å²) in [6.45, 7) is -0.487. The van der Waals surface area contributed by atoms with Gasteiger partial charge in [-0.15, -0.1) is 0 Å². The smallest absolute Gasteiger partial charge is 0.375 e. The van der Waals surface area contributed by atoms with Crippen LogP contribution >= 0.6 is 0 Å². The lowest BCUT2D eigenvalue weighted by molar-refractivity contribution is -0.159. The number of esters is 2. The molecule has 0 aliphatic rings. The molecule has 38 heavy (non-hydrogen) atoms. The summed E-state index contributed by atoms with van der Waals surface area (Å²) in [5.41, 5.74) is 6.26. The number of carboxylic acids is 1. The number of amides is 2. The Morgan fingerprint density at radius 3 is 1.71 bits per heavy atom. The molecular weight excluding hydrogens is 500 g/mol. The van der Waals surface area contributed by atoms with E-state index in [2.05, 4.69) is 5.32 Å². The van der Waals surface area contributed by atoms with E-state index in [1.54, 1.807) is 60.7 Å². The maximum Gasteiger partial charge on any atom is 0.375 e. The van der Waals surface area contributed by atoms with Crippen molar-refractivity contribution in [3.63, 3.8) is 0 Å². The number of carbonyl (C=O) groups excluding carboxylic acids is 6. The molecule has 2 amide bonds. The Morgan fingerprint density at radius 2 is 1.24 bits per heavy atom. The van der Waals surface area contributed by atoms with Gasteiger partial charge in [-0.25, -0.2) is 9.59 Å². The van der Waals surface area contributed by atoms with E-state index in [4.69, 9.17) is 20.3 Å². The van der Waals surface area contributed by atoms with E-state index in [0.717, 1.165) is 0 Å². The van der Waals surface area contributed by atoms with E-state index in [1.807, 2.05) is 0 Å². The summed E-state index contributed by atoms with van der Waals surface area (Å²) in [5, 5.41) is 10.9. The van der Waals surface area contributed by atoms with Crippen LogP contribution in [0.15, 0.2) is 60.7 Å². The topological polar surface area (TPSA) is 196 Å². The van der Waals surface area contributed by atoms with Crippen molar-refractivity contribution >= 4 is 41.3 Å². The Hall–Kier alpha value is -4.87. The first-order valence-electron chi connectivity index (χ1n) is 11.4. The third kappa shape index (κ3) is 10.0. The van der Waals surface area contributed by atoms with E-state index < -0.39 is 72.5 Å². The Morgan fingerprint density at radius 1 is 0.737 bits per heavy atom. The van der Waals surface area contributed by atoms with Gasteiger partial charge in [-0.2, -0.15) is 0 Å². The summed E-state index contributed by atoms with van der Waals surface area (Å²) >= 11 is 0. The third-order valence-electron chi connectivity index (χ3n) is 5.15. The molecule has 4 N–H and O–H groups in total. The van der Waals surface area contributed by atoms with Gasteiger partial charge in [0.15, 0.2) is 0 Å². The summed E-state index contributed by atoms with van der Waals surface area (Å²) in [7, 11) is 0. The predicted molar refractivity (Wildman–Crippen MR) is 129 cm³/mol. The Bertz CT molecular complexity index is 1180. The van der Waals surface area contributed by atoms with Crippen molar-refractivity contribution in [2.75, 3.05) is 0 Å². The minimum atomic E-state index is -1.66. The van der Waals surface area contributed by atoms with Crippen LogP contribution in [0.5, 0.6) is 0 Å². The summed E-state index contributed by atoms with van der Waals surface area (Å²) in [6, 6.07) is 15.2. The number of primary amides is 1. The molecule has 2 rings (SSSR count). The molecule has 2 aromatic rings. The number of nitrogens with two attached hydrogens (primary N) is 1. The number of carbonyl (C=O) groups is 7. The molecule has 0 aliphatic carbocycles. The largest absolute Gasteiger partial charge is 0.481 e. The highest BCUT2D eigenvalue weighted by molar-refractivity contribution is 6.38. The number of benzene rings is 2. The minimum absolute atomic E-state index is 0.223. The molecule has 0 radical (unpaired) electrons. The van der Waals surface area contributed by atoms with Crippen LogP contribution in [-0.2, 0) is 56.2 Å². The van der Waals surface area contributed by atoms with Gasteiger partial charge < -0.3 is 25.6 Å². The van der Waals surface area contributed by atoms with Gasteiger partial charge in [0.2, 0.25) is 23.4 Å². The lowest BCUT2D eigenvalue weighted by Crippen LogP contribution is -2.46. The molecule has 0 heterocycles. The number of ketones is 2. The zero-order chi connectivity index (χ0) is 28.1. The summed E-state index contributed by atoms with van der Waals surface area (Å²) in [6.07, 6.45) is -2.54. The standard InChI is InChI=1S/C26H26N2O10/c27-24(34)19(13-22(31)32)28-21(30)12-18(23(33)26(36)38-15-17-9-5-2-6-10-17)11-20(29)25(35)37-14-16-7-3-1-4-8-16/h1-10,18-19H,11-15H2,(H2,27,34)(H,28,30)(H,31,32)/t18?,19-/m1/s1. The SMILES string of the molecule is NC(=O)[C@@H](CC(=O)O)NC(=O)CC(CC(=O)C(=O)OCc1ccccc1)C(=O)C(=O)OCc1ccccc1. The summed E-state index contributed by atoms with van der Waals surface area (Å²) < 4.78 is 9.91. The highest BCUT2D eigenvalue weighted by atomic mass is 16.5. The molecule has 12 heteroatoms. The number of Topliss-reactive ketones (excluding diaryl/α,β-unsaturated/α-hetero) is 2. The minimum Gasteiger partial charge on any atom is -0.481 e. The van der Waals surface area contributed by atoms with Crippen LogP contribution < -0.4 is 11.1 Å². The van der Waals surface area contributed by atoms with Gasteiger partial charge in [0.25, 0.3) is 0 Å². The second-order valence-electron chi connectivity index (χ2n) is 8.14. The van der Waals surface area contributed by atoms with E-state index in [0.29, 0.717) is 11.1 Å². The number of ether oxygens (including phenoxy) is 2. The molecule has 2 atom stereocenters. The van der Waals surface area contributed by atoms with Crippen LogP contribution in [0.4, 0.5) is 0 Å². The van der Waals surface area contributed by atoms with E-state index >= 15 is 0 Å². The van der Waals surface area contributed by atoms with Gasteiger partial charge in [-0.1, -0.05) is 60.7 Å². The van der Waals surface area contributed by atoms with Crippen molar-refractivity contribution in [3.8, 4) is 0 Å². The average molecular weight is 526 g/mol. The molecular formula is C26H26N2O10. The van der Waals surface area contributed by atoms with Crippen molar-refractivity contribution in [1.29, 1.82) is 0 Å². The molecule has 2 aromatic carbocycles. The van der Waals surface area contributed by atoms with Gasteiger partial charge >= 0.3 is 17.9 Å². The van der Waals surface area contributed by atoms with Crippen molar-refractivity contribution < 1.29 is 48.1 Å². The first-order valence-corrected chi connectivity index (χ1v) is 11.4. The highest BCUT2D eigenvalue weighted by Crippen LogP contribution is 2.15. The number of aliphatic carboxylic acids is 1. The van der Waals surface area contributed by atoms with E-state index in [-0.39, 0.29) is 13.2 Å². The number of nitrogens with one attached hydrogen (secondary N) is 1. The second kappa shape index (κ2) is 14.6. The molecule has 0 saturated carbocycles. The zero-order valence-corrected chi connectivity index (χ0v) is 20.2. The van der Waals surface area contributed by atoms with Crippen molar-refractivity contribution in [2.45, 2.75) is 38.5 Å². The molecule has 0 aliphatic heterocycles. The van der Waals surface area contributed by atoms with Gasteiger partial charge in [0.05, 0.1) is 6.42 Å². The number of rotatable bonds is 15. The van der Waals surface area contributed by atoms with Crippen LogP contribution in [0.25, 0.3) is 0 Å². The van der Waals surface area contributed by atoms with Crippen molar-refractivity contribution in [1.82, 2.24) is 5.32 Å². The quantitative estimate of drug-likeness (QED) is 0.216. The fraction of sp³-hybridized carbons (Fsp3) is 0.269. The third-order valence-corrected chi connectivity index (χ3v) is 5.15. The molecule has 0 bridgehead atoms. The lowest BCUT2D eigenvalue weighted by Gasteiger charge is -2.17. The maximum absolute atomic E-state index is 12.8. The molecule has 200 valence electrons. The highest BCUT2D eigenvalue weighted by Gasteiger charge is 2.34. The fourth-order valence-corrected chi connectivity index (χ4v) is 3.20. The van der Waals surface area contributed by atoms with Gasteiger partial charge in [-0.05, 0) is 11.1 Å². The Kier molecular flexibility index (Phi) is 11.3. The van der Waals surface area contributed by atoms with Crippen molar-refractivity contribution in [3.05, 3.63) is 71.8 Å². The summed E-state index contributed by atoms with van der Waals surface area (Å²) in [4.78, 5) is 84.7. The van der Waals surface area contributed by atoms with Crippen LogP contribution in [0.2, 0.25) is 0 Å². The van der Waals surface area contributed by atoms with Gasteiger partial charge in [0.1, 0.15) is 19.3 Å². The van der Waals surface area contributed by atoms with Gasteiger partial charge in [0, 0.05) is 18.8 Å². The van der Waals surface area contributed by atoms with Crippen LogP contribution in [-0.4, -0.2) is 52.4 Å². The molecule has 1 unspecified atom stereocenters. The van der Waals surface area contributed by atoms with E-state index in [9.17, 15) is 33.6 Å². The Balaban J connectivity index is 2.10. The number of hydrogen-bond acceptors (Lipinski definition) is 9. The first-order chi connectivity index (χ1) is 18.1. The normalized spacial score (nSPS) is 11.9. The average Bonchev–Trinajstić information content (AvgIpc) is 2.89. The van der Waals surface area contributed by atoms with Crippen LogP contribution in [0.1, 0.15) is 30.4 Å². The fourth-order valence-electron chi connectivity index (χ4n) is 3.20. The summed E-state index contributed by atoms with van der Waals surface area (Å²) in [5.74, 6) is -10.4. The Labute approximate surface area is 217 Å². The predicted octanol–water partition coefficient (Wildman–Crippen LogP) is 0.453. The van der Waals surface area contributed by atoms with Crippen LogP contribution in [0, 0.1) is 5.92 Å². The van der Waals surface area contributed by atoms with Crippen molar-refractivity contribution in [2.24, 2.45) is 11.7 Å². The molecule has 0 saturated heterocycles. The number of hydrogen-bond donors (Lipinski definition) is 3. The van der Waals surface area contributed by atoms with Crippen LogP contribution in [0.3, 0.4) is 0 Å².